The Morgan fingerprint density at radius 2 is 1.94 bits per heavy atom. The van der Waals surface area contributed by atoms with Gasteiger partial charge in [-0.15, -0.1) is 0 Å². The third kappa shape index (κ3) is 5.71. The summed E-state index contributed by atoms with van der Waals surface area (Å²) in [5.41, 5.74) is 0.391. The van der Waals surface area contributed by atoms with Crippen molar-refractivity contribution in [3.05, 3.63) is 0 Å². The Bertz CT molecular complexity index is 247. The van der Waals surface area contributed by atoms with Crippen LogP contribution in [0.25, 0.3) is 0 Å². The van der Waals surface area contributed by atoms with E-state index in [1.807, 2.05) is 0 Å². The Labute approximate surface area is 114 Å². The summed E-state index contributed by atoms with van der Waals surface area (Å²) in [6, 6.07) is 0. The smallest absolute Gasteiger partial charge is 0.0754 e. The van der Waals surface area contributed by atoms with Gasteiger partial charge in [0, 0.05) is 6.54 Å². The third-order valence-corrected chi connectivity index (χ3v) is 3.81. The van der Waals surface area contributed by atoms with Crippen LogP contribution in [0.2, 0.25) is 0 Å². The van der Waals surface area contributed by atoms with Crippen LogP contribution >= 0.6 is 0 Å². The fraction of sp³-hybridized carbons (Fsp3) is 1.00. The van der Waals surface area contributed by atoms with Gasteiger partial charge >= 0.3 is 0 Å². The molecule has 2 unspecified atom stereocenters. The molecule has 1 aliphatic carbocycles. The van der Waals surface area contributed by atoms with Crippen molar-refractivity contribution in [1.29, 1.82) is 0 Å². The lowest BCUT2D eigenvalue weighted by Crippen LogP contribution is -2.43. The first-order chi connectivity index (χ1) is 8.24. The molecule has 0 radical (unpaired) electrons. The van der Waals surface area contributed by atoms with E-state index in [9.17, 15) is 0 Å². The monoisotopic (exact) mass is 255 g/mol. The molecule has 0 heterocycles. The van der Waals surface area contributed by atoms with Crippen LogP contribution in [-0.4, -0.2) is 24.8 Å². The van der Waals surface area contributed by atoms with Gasteiger partial charge in [0.1, 0.15) is 0 Å². The molecule has 1 rings (SSSR count). The largest absolute Gasteiger partial charge is 0.371 e. The van der Waals surface area contributed by atoms with Crippen LogP contribution in [0.4, 0.5) is 0 Å². The average molecular weight is 255 g/mol. The van der Waals surface area contributed by atoms with Gasteiger partial charge in [0.2, 0.25) is 0 Å². The quantitative estimate of drug-likeness (QED) is 0.724. The maximum Gasteiger partial charge on any atom is 0.0754 e. The molecule has 1 saturated carbocycles. The van der Waals surface area contributed by atoms with Crippen LogP contribution in [-0.2, 0) is 4.74 Å². The van der Waals surface area contributed by atoms with Crippen molar-refractivity contribution in [2.45, 2.75) is 78.9 Å². The van der Waals surface area contributed by atoms with Crippen LogP contribution in [0.15, 0.2) is 0 Å². The summed E-state index contributed by atoms with van der Waals surface area (Å²) >= 11 is 0. The van der Waals surface area contributed by atoms with Gasteiger partial charge in [-0.25, -0.2) is 0 Å². The van der Waals surface area contributed by atoms with E-state index >= 15 is 0 Å². The van der Waals surface area contributed by atoms with Crippen molar-refractivity contribution in [1.82, 2.24) is 5.32 Å². The fourth-order valence-electron chi connectivity index (χ4n) is 3.41. The molecule has 0 aromatic heterocycles. The normalized spacial score (nSPS) is 28.3. The molecule has 0 aliphatic heterocycles. The van der Waals surface area contributed by atoms with E-state index in [0.29, 0.717) is 11.5 Å². The van der Waals surface area contributed by atoms with Crippen molar-refractivity contribution < 1.29 is 4.74 Å². The lowest BCUT2D eigenvalue weighted by molar-refractivity contribution is -0.108. The highest BCUT2D eigenvalue weighted by Crippen LogP contribution is 2.40. The molecule has 0 saturated heterocycles. The van der Waals surface area contributed by atoms with Crippen molar-refractivity contribution in [2.75, 3.05) is 13.1 Å². The second-order valence-corrected chi connectivity index (χ2v) is 7.59. The van der Waals surface area contributed by atoms with Crippen molar-refractivity contribution in [3.63, 3.8) is 0 Å². The number of ether oxygens (including phenoxy) is 1. The zero-order chi connectivity index (χ0) is 13.8. The minimum atomic E-state index is -0.0486. The SMILES string of the molecule is CCCNCC(C)(C)OC1CC(C)CC(C)(C)C1. The predicted molar refractivity (Wildman–Crippen MR) is 78.9 cm³/mol. The van der Waals surface area contributed by atoms with Crippen LogP contribution in [0.3, 0.4) is 0 Å². The van der Waals surface area contributed by atoms with Gasteiger partial charge in [-0.1, -0.05) is 27.7 Å². The highest BCUT2D eigenvalue weighted by atomic mass is 16.5. The zero-order valence-corrected chi connectivity index (χ0v) is 13.3. The molecule has 1 N–H and O–H groups in total. The maximum absolute atomic E-state index is 6.37. The van der Waals surface area contributed by atoms with E-state index in [-0.39, 0.29) is 5.60 Å². The molecule has 2 nitrogen and oxygen atoms in total. The Morgan fingerprint density at radius 3 is 2.50 bits per heavy atom. The minimum Gasteiger partial charge on any atom is -0.371 e. The van der Waals surface area contributed by atoms with Crippen LogP contribution in [0.1, 0.15) is 67.2 Å². The summed E-state index contributed by atoms with van der Waals surface area (Å²) in [6.07, 6.45) is 5.38. The van der Waals surface area contributed by atoms with Crippen molar-refractivity contribution in [2.24, 2.45) is 11.3 Å². The second kappa shape index (κ2) is 6.38. The second-order valence-electron chi connectivity index (χ2n) is 7.59. The summed E-state index contributed by atoms with van der Waals surface area (Å²) in [5.74, 6) is 0.790. The molecule has 1 fully saturated rings. The summed E-state index contributed by atoms with van der Waals surface area (Å²) in [7, 11) is 0. The van der Waals surface area contributed by atoms with Gasteiger partial charge in [0.15, 0.2) is 0 Å². The van der Waals surface area contributed by atoms with Crippen molar-refractivity contribution in [3.8, 4) is 0 Å². The Hall–Kier alpha value is -0.0800. The first-order valence-corrected chi connectivity index (χ1v) is 7.63. The van der Waals surface area contributed by atoms with Gasteiger partial charge < -0.3 is 10.1 Å². The number of hydrogen-bond donors (Lipinski definition) is 1. The van der Waals surface area contributed by atoms with Crippen molar-refractivity contribution >= 4 is 0 Å². The lowest BCUT2D eigenvalue weighted by atomic mass is 9.71. The highest BCUT2D eigenvalue weighted by molar-refractivity contribution is 4.85. The van der Waals surface area contributed by atoms with E-state index in [1.165, 1.54) is 25.7 Å². The molecular formula is C16H33NO. The zero-order valence-electron chi connectivity index (χ0n) is 13.3. The van der Waals surface area contributed by atoms with Crippen LogP contribution in [0, 0.1) is 11.3 Å². The standard InChI is InChI=1S/C16H33NO/c1-7-8-17-12-16(5,6)18-14-9-13(2)10-15(3,4)11-14/h13-14,17H,7-12H2,1-6H3. The van der Waals surface area contributed by atoms with Gasteiger partial charge in [0.05, 0.1) is 11.7 Å². The number of hydrogen-bond acceptors (Lipinski definition) is 2. The van der Waals surface area contributed by atoms with E-state index in [0.717, 1.165) is 19.0 Å². The first kappa shape index (κ1) is 16.0. The molecule has 108 valence electrons. The van der Waals surface area contributed by atoms with Crippen LogP contribution in [0.5, 0.6) is 0 Å². The van der Waals surface area contributed by atoms with Gasteiger partial charge in [-0.3, -0.25) is 0 Å². The number of rotatable bonds is 6. The highest BCUT2D eigenvalue weighted by Gasteiger charge is 2.35. The van der Waals surface area contributed by atoms with E-state index in [4.69, 9.17) is 4.74 Å². The molecule has 2 heteroatoms. The molecule has 0 amide bonds. The third-order valence-electron chi connectivity index (χ3n) is 3.81. The molecule has 1 aliphatic rings. The fourth-order valence-corrected chi connectivity index (χ4v) is 3.41. The van der Waals surface area contributed by atoms with Crippen LogP contribution < -0.4 is 5.32 Å². The number of nitrogens with one attached hydrogen (secondary N) is 1. The van der Waals surface area contributed by atoms with E-state index in [2.05, 4.69) is 46.9 Å². The molecule has 18 heavy (non-hydrogen) atoms. The predicted octanol–water partition coefficient (Wildman–Crippen LogP) is 4.00. The molecule has 0 aromatic rings. The Balaban J connectivity index is 2.44. The van der Waals surface area contributed by atoms with Gasteiger partial charge in [-0.05, 0) is 57.4 Å². The summed E-state index contributed by atoms with van der Waals surface area (Å²) < 4.78 is 6.37. The lowest BCUT2D eigenvalue weighted by Gasteiger charge is -2.42. The van der Waals surface area contributed by atoms with Gasteiger partial charge in [0.25, 0.3) is 0 Å². The molecule has 0 aromatic carbocycles. The summed E-state index contributed by atoms with van der Waals surface area (Å²) in [4.78, 5) is 0. The van der Waals surface area contributed by atoms with Gasteiger partial charge in [-0.2, -0.15) is 0 Å². The van der Waals surface area contributed by atoms with E-state index < -0.39 is 0 Å². The summed E-state index contributed by atoms with van der Waals surface area (Å²) in [5, 5.41) is 3.47. The summed E-state index contributed by atoms with van der Waals surface area (Å²) in [6.45, 7) is 15.8. The Morgan fingerprint density at radius 1 is 1.28 bits per heavy atom. The Kier molecular flexibility index (Phi) is 5.67. The minimum absolute atomic E-state index is 0.0486. The molecule has 2 atom stereocenters. The molecule has 0 spiro atoms. The topological polar surface area (TPSA) is 21.3 Å². The van der Waals surface area contributed by atoms with E-state index in [1.54, 1.807) is 0 Å². The average Bonchev–Trinajstić information content (AvgIpc) is 2.12. The first-order valence-electron chi connectivity index (χ1n) is 7.63. The maximum atomic E-state index is 6.37. The molecular weight excluding hydrogens is 222 g/mol. The molecule has 0 bridgehead atoms.